The van der Waals surface area contributed by atoms with Crippen molar-refractivity contribution < 1.29 is 4.42 Å². The van der Waals surface area contributed by atoms with Crippen LogP contribution in [0.1, 0.15) is 11.1 Å². The molecule has 0 unspecified atom stereocenters. The summed E-state index contributed by atoms with van der Waals surface area (Å²) in [6.07, 6.45) is 1.85. The Bertz CT molecular complexity index is 1210. The maximum atomic E-state index is 12.4. The minimum absolute atomic E-state index is 0.386. The molecule has 5 heteroatoms. The molecular formula is C20H16N2O2S. The normalized spacial score (nSPS) is 11.1. The maximum absolute atomic E-state index is 12.4. The highest BCUT2D eigenvalue weighted by Gasteiger charge is 2.12. The molecule has 0 radical (unpaired) electrons. The topological polar surface area (TPSA) is 50.9 Å². The molecule has 1 N–H and O–H groups in total. The number of hydrogen-bond acceptors (Lipinski definition) is 3. The summed E-state index contributed by atoms with van der Waals surface area (Å²) in [6, 6.07) is 15.4. The van der Waals surface area contributed by atoms with Crippen LogP contribution in [0.15, 0.2) is 63.9 Å². The molecule has 0 amide bonds. The van der Waals surface area contributed by atoms with Gasteiger partial charge in [0.15, 0.2) is 4.77 Å². The van der Waals surface area contributed by atoms with Gasteiger partial charge in [0.1, 0.15) is 5.58 Å². The van der Waals surface area contributed by atoms with Gasteiger partial charge >= 0.3 is 5.63 Å². The minimum atomic E-state index is -0.386. The highest BCUT2D eigenvalue weighted by molar-refractivity contribution is 7.71. The number of aryl methyl sites for hydroxylation is 1. The summed E-state index contributed by atoms with van der Waals surface area (Å²) in [6.45, 7) is 4.12. The number of aromatic amines is 1. The second-order valence-corrected chi connectivity index (χ2v) is 6.43. The molecule has 0 bridgehead atoms. The zero-order valence-corrected chi connectivity index (χ0v) is 14.7. The Labute approximate surface area is 149 Å². The quantitative estimate of drug-likeness (QED) is 0.413. The first-order valence-electron chi connectivity index (χ1n) is 7.96. The molecule has 0 aliphatic heterocycles. The average Bonchev–Trinajstić information content (AvgIpc) is 2.98. The lowest BCUT2D eigenvalue weighted by Gasteiger charge is -2.08. The lowest BCUT2D eigenvalue weighted by Crippen LogP contribution is -2.02. The Kier molecular flexibility index (Phi) is 3.66. The molecule has 2 aromatic carbocycles. The lowest BCUT2D eigenvalue weighted by atomic mass is 10.1. The van der Waals surface area contributed by atoms with Gasteiger partial charge in [-0.1, -0.05) is 30.3 Å². The Morgan fingerprint density at radius 1 is 1.08 bits per heavy atom. The van der Waals surface area contributed by atoms with E-state index in [0.29, 0.717) is 21.6 Å². The fourth-order valence-corrected chi connectivity index (χ4v) is 3.22. The van der Waals surface area contributed by atoms with Crippen LogP contribution in [0.3, 0.4) is 0 Å². The summed E-state index contributed by atoms with van der Waals surface area (Å²) in [5, 5.41) is 0.871. The van der Waals surface area contributed by atoms with E-state index in [9.17, 15) is 4.79 Å². The zero-order valence-electron chi connectivity index (χ0n) is 13.9. The fraction of sp³-hybridized carbons (Fsp3) is 0.100. The van der Waals surface area contributed by atoms with E-state index in [0.717, 1.165) is 16.6 Å². The van der Waals surface area contributed by atoms with Crippen molar-refractivity contribution in [3.05, 3.63) is 81.0 Å². The van der Waals surface area contributed by atoms with E-state index in [1.807, 2.05) is 47.2 Å². The summed E-state index contributed by atoms with van der Waals surface area (Å²) in [5.74, 6) is 0. The third kappa shape index (κ3) is 2.62. The summed E-state index contributed by atoms with van der Waals surface area (Å²) < 4.78 is 7.85. The number of nitrogens with one attached hydrogen (secondary N) is 1. The number of nitrogens with zero attached hydrogens (tertiary/aromatic N) is 1. The molecule has 0 atom stereocenters. The largest absolute Gasteiger partial charge is 0.422 e. The van der Waals surface area contributed by atoms with Gasteiger partial charge in [0.05, 0.1) is 16.9 Å². The van der Waals surface area contributed by atoms with Gasteiger partial charge in [-0.05, 0) is 55.4 Å². The predicted molar refractivity (Wildman–Crippen MR) is 102 cm³/mol. The number of aromatic nitrogens is 2. The number of imidazole rings is 1. The molecule has 0 fully saturated rings. The van der Waals surface area contributed by atoms with Crippen molar-refractivity contribution in [3.8, 4) is 16.9 Å². The number of rotatable bonds is 2. The third-order valence-electron chi connectivity index (χ3n) is 4.49. The molecule has 0 spiro atoms. The highest BCUT2D eigenvalue weighted by atomic mass is 32.1. The van der Waals surface area contributed by atoms with Crippen LogP contribution in [0.2, 0.25) is 0 Å². The predicted octanol–water partition coefficient (Wildman–Crippen LogP) is 4.93. The highest BCUT2D eigenvalue weighted by Crippen LogP contribution is 2.23. The van der Waals surface area contributed by atoms with E-state index in [1.165, 1.54) is 5.56 Å². The standard InChI is InChI=1S/C20H16N2O2S/c1-12-6-5-8-17(13(12)2)22-11-16(21-20(22)25)15-10-14-7-3-4-9-18(14)24-19(15)23/h3-11H,1-2H3,(H,21,25). The third-order valence-corrected chi connectivity index (χ3v) is 4.78. The van der Waals surface area contributed by atoms with Crippen molar-refractivity contribution in [3.63, 3.8) is 0 Å². The first-order chi connectivity index (χ1) is 12.0. The van der Waals surface area contributed by atoms with Crippen LogP contribution < -0.4 is 5.63 Å². The molecular weight excluding hydrogens is 332 g/mol. The van der Waals surface area contributed by atoms with Crippen molar-refractivity contribution in [2.75, 3.05) is 0 Å². The van der Waals surface area contributed by atoms with Crippen molar-refractivity contribution in [1.82, 2.24) is 9.55 Å². The van der Waals surface area contributed by atoms with Crippen molar-refractivity contribution in [2.24, 2.45) is 0 Å². The SMILES string of the molecule is Cc1cccc(-n2cc(-c3cc4ccccc4oc3=O)[nH]c2=S)c1C. The molecule has 124 valence electrons. The van der Waals surface area contributed by atoms with Gasteiger partial charge in [-0.15, -0.1) is 0 Å². The first-order valence-corrected chi connectivity index (χ1v) is 8.37. The molecule has 4 nitrogen and oxygen atoms in total. The van der Waals surface area contributed by atoms with Crippen LogP contribution in [0.5, 0.6) is 0 Å². The fourth-order valence-electron chi connectivity index (χ4n) is 2.96. The van der Waals surface area contributed by atoms with Gasteiger partial charge in [0, 0.05) is 11.6 Å². The number of para-hydroxylation sites is 1. The van der Waals surface area contributed by atoms with Crippen LogP contribution in [-0.2, 0) is 0 Å². The molecule has 2 heterocycles. The van der Waals surface area contributed by atoms with Gasteiger partial charge < -0.3 is 9.40 Å². The van der Waals surface area contributed by atoms with Gasteiger partial charge in [-0.2, -0.15) is 0 Å². The van der Waals surface area contributed by atoms with Crippen LogP contribution in [0.25, 0.3) is 27.9 Å². The second-order valence-electron chi connectivity index (χ2n) is 6.05. The van der Waals surface area contributed by atoms with Crippen LogP contribution in [-0.4, -0.2) is 9.55 Å². The van der Waals surface area contributed by atoms with E-state index < -0.39 is 0 Å². The monoisotopic (exact) mass is 348 g/mol. The second kappa shape index (κ2) is 5.86. The Morgan fingerprint density at radius 2 is 1.88 bits per heavy atom. The summed E-state index contributed by atoms with van der Waals surface area (Å²) >= 11 is 5.47. The molecule has 25 heavy (non-hydrogen) atoms. The molecule has 2 aromatic heterocycles. The Hall–Kier alpha value is -2.92. The number of H-pyrrole nitrogens is 1. The smallest absolute Gasteiger partial charge is 0.345 e. The molecule has 0 aliphatic rings. The molecule has 4 aromatic rings. The van der Waals surface area contributed by atoms with Crippen LogP contribution in [0.4, 0.5) is 0 Å². The lowest BCUT2D eigenvalue weighted by molar-refractivity contribution is 0.563. The molecule has 0 saturated carbocycles. The van der Waals surface area contributed by atoms with Gasteiger partial charge in [0.25, 0.3) is 0 Å². The van der Waals surface area contributed by atoms with Crippen LogP contribution >= 0.6 is 12.2 Å². The maximum Gasteiger partial charge on any atom is 0.345 e. The van der Waals surface area contributed by atoms with Crippen molar-refractivity contribution in [1.29, 1.82) is 0 Å². The van der Waals surface area contributed by atoms with E-state index >= 15 is 0 Å². The summed E-state index contributed by atoms with van der Waals surface area (Å²) in [7, 11) is 0. The minimum Gasteiger partial charge on any atom is -0.422 e. The average molecular weight is 348 g/mol. The van der Waals surface area contributed by atoms with Crippen molar-refractivity contribution >= 4 is 23.2 Å². The van der Waals surface area contributed by atoms with Crippen molar-refractivity contribution in [2.45, 2.75) is 13.8 Å². The van der Waals surface area contributed by atoms with Gasteiger partial charge in [0.2, 0.25) is 0 Å². The number of hydrogen-bond donors (Lipinski definition) is 1. The summed E-state index contributed by atoms with van der Waals surface area (Å²) in [5.41, 5.74) is 4.63. The first kappa shape index (κ1) is 15.6. The van der Waals surface area contributed by atoms with Crippen LogP contribution in [0, 0.1) is 18.6 Å². The molecule has 0 saturated heterocycles. The Morgan fingerprint density at radius 3 is 2.72 bits per heavy atom. The molecule has 4 rings (SSSR count). The summed E-state index contributed by atoms with van der Waals surface area (Å²) in [4.78, 5) is 15.5. The number of benzene rings is 2. The molecule has 0 aliphatic carbocycles. The van der Waals surface area contributed by atoms with E-state index in [2.05, 4.69) is 24.9 Å². The zero-order chi connectivity index (χ0) is 17.6. The van der Waals surface area contributed by atoms with E-state index in [1.54, 1.807) is 6.07 Å². The van der Waals surface area contributed by atoms with E-state index in [4.69, 9.17) is 16.6 Å². The number of fused-ring (bicyclic) bond motifs is 1. The van der Waals surface area contributed by atoms with E-state index in [-0.39, 0.29) is 5.63 Å². The van der Waals surface area contributed by atoms with Gasteiger partial charge in [-0.3, -0.25) is 4.57 Å². The van der Waals surface area contributed by atoms with Gasteiger partial charge in [-0.25, -0.2) is 4.79 Å². The Balaban J connectivity index is 1.92.